The molecule has 1 radical (unpaired) electrons. The Bertz CT molecular complexity index is 2850. The van der Waals surface area contributed by atoms with Crippen molar-refractivity contribution in [2.45, 2.75) is 29.0 Å². The maximum Gasteiger partial charge on any atom is 1.00 e. The van der Waals surface area contributed by atoms with Gasteiger partial charge in [0.25, 0.3) is 6.47 Å². The van der Waals surface area contributed by atoms with Crippen LogP contribution in [-0.4, -0.2) is 141 Å². The molecule has 3 aromatic carbocycles. The SMILES string of the molecule is C.CCO.CN(C)S(=O)(=O)c1ccc(-c2ccc(=O)[nH]c2)cc1.CN(C)S(=O)(=O)c1ccc(Br)cc1.COc1ccc(-c2ccc(S(=O)(=O)N(C)C)cc2)cn1.COc1ccc(O[B]O)cn1.O=CO[O-].[H-].[K+].[K+]. The first-order valence-electron chi connectivity index (χ1n) is 19.9. The van der Waals surface area contributed by atoms with Gasteiger partial charge in [-0.15, -0.1) is 0 Å². The monoisotopic (exact) mass is 1190 g/mol. The van der Waals surface area contributed by atoms with Crippen LogP contribution < -0.4 is 128 Å². The molecule has 0 aliphatic heterocycles. The average molecular weight is 1190 g/mol. The molecular weight excluding hydrogens is 1130 g/mol. The summed E-state index contributed by atoms with van der Waals surface area (Å²) >= 11 is 3.24. The minimum Gasteiger partial charge on any atom is -1.00 e. The zero-order valence-electron chi connectivity index (χ0n) is 42.5. The molecule has 21 nitrogen and oxygen atoms in total. The van der Waals surface area contributed by atoms with E-state index in [2.05, 4.69) is 40.4 Å². The molecule has 0 aliphatic carbocycles. The Hall–Kier alpha value is -2.79. The molecule has 3 heterocycles. The number of hydrogen-bond acceptors (Lipinski definition) is 17. The topological polar surface area (TPSA) is 288 Å². The normalized spacial score (nSPS) is 10.2. The van der Waals surface area contributed by atoms with Crippen molar-refractivity contribution in [2.75, 3.05) is 63.1 Å². The molecule has 0 bridgehead atoms. The van der Waals surface area contributed by atoms with Crippen LogP contribution >= 0.6 is 15.9 Å². The van der Waals surface area contributed by atoms with Crippen LogP contribution in [0.3, 0.4) is 0 Å². The summed E-state index contributed by atoms with van der Waals surface area (Å²) < 4.78 is 89.7. The molecule has 3 aromatic heterocycles. The number of ether oxygens (including phenoxy) is 2. The number of benzene rings is 3. The molecule has 0 amide bonds. The fourth-order valence-electron chi connectivity index (χ4n) is 4.76. The minimum atomic E-state index is -3.41. The number of aliphatic hydroxyl groups is 1. The van der Waals surface area contributed by atoms with Crippen molar-refractivity contribution in [3.8, 4) is 39.8 Å². The summed E-state index contributed by atoms with van der Waals surface area (Å²) in [5, 5.41) is 24.2. The molecule has 3 N–H and O–H groups in total. The van der Waals surface area contributed by atoms with Gasteiger partial charge in [-0.2, -0.15) is 0 Å². The number of carbonyl (C=O) groups is 1. The molecule has 0 unspecified atom stereocenters. The van der Waals surface area contributed by atoms with Crippen molar-refractivity contribution in [2.24, 2.45) is 0 Å². The molecular formula is C45H59BBrK2N6O15S3. The number of halogens is 1. The Morgan fingerprint density at radius 2 is 0.986 bits per heavy atom. The van der Waals surface area contributed by atoms with Crippen LogP contribution in [0, 0.1) is 0 Å². The van der Waals surface area contributed by atoms with Crippen molar-refractivity contribution in [3.05, 3.63) is 143 Å². The minimum absolute atomic E-state index is 0. The van der Waals surface area contributed by atoms with E-state index in [0.29, 0.717) is 30.1 Å². The third kappa shape index (κ3) is 26.2. The van der Waals surface area contributed by atoms with E-state index in [1.54, 1.807) is 123 Å². The van der Waals surface area contributed by atoms with Crippen LogP contribution in [0.1, 0.15) is 15.8 Å². The largest absolute Gasteiger partial charge is 1.00 e. The first kappa shape index (κ1) is 74.4. The summed E-state index contributed by atoms with van der Waals surface area (Å²) in [6.45, 7) is 1.75. The van der Waals surface area contributed by atoms with E-state index < -0.39 is 30.1 Å². The molecule has 0 saturated heterocycles. The van der Waals surface area contributed by atoms with Gasteiger partial charge in [-0.3, -0.25) is 9.59 Å². The van der Waals surface area contributed by atoms with Crippen molar-refractivity contribution in [1.29, 1.82) is 0 Å². The molecule has 0 fully saturated rings. The van der Waals surface area contributed by atoms with Crippen LogP contribution in [0.2, 0.25) is 0 Å². The molecule has 6 aromatic rings. The molecule has 73 heavy (non-hydrogen) atoms. The van der Waals surface area contributed by atoms with E-state index in [4.69, 9.17) is 29.7 Å². The van der Waals surface area contributed by atoms with Gasteiger partial charge in [-0.1, -0.05) is 47.6 Å². The summed E-state index contributed by atoms with van der Waals surface area (Å²) in [5.41, 5.74) is 3.30. The molecule has 0 aliphatic rings. The number of hydrogen-bond donors (Lipinski definition) is 3. The fraction of sp³-hybridized carbons (Fsp3) is 0.244. The van der Waals surface area contributed by atoms with E-state index in [9.17, 15) is 30.0 Å². The van der Waals surface area contributed by atoms with Gasteiger partial charge in [-0.05, 0) is 90.3 Å². The van der Waals surface area contributed by atoms with Crippen molar-refractivity contribution in [1.82, 2.24) is 27.9 Å². The Labute approximate surface area is 524 Å². The van der Waals surface area contributed by atoms with E-state index in [0.717, 1.165) is 26.7 Å². The van der Waals surface area contributed by atoms with Crippen LogP contribution in [0.5, 0.6) is 17.5 Å². The van der Waals surface area contributed by atoms with Crippen LogP contribution in [-0.2, 0) is 39.8 Å². The van der Waals surface area contributed by atoms with E-state index in [-0.39, 0.29) is 140 Å². The smallest absolute Gasteiger partial charge is 1.00 e. The number of aliphatic hydroxyl groups excluding tert-OH is 1. The summed E-state index contributed by atoms with van der Waals surface area (Å²) in [6, 6.07) is 29.8. The molecule has 6 rings (SSSR count). The average Bonchev–Trinajstić information content (AvgIpc) is 3.35. The van der Waals surface area contributed by atoms with Gasteiger partial charge in [0.15, 0.2) is 0 Å². The van der Waals surface area contributed by atoms with Gasteiger partial charge in [0.1, 0.15) is 5.75 Å². The summed E-state index contributed by atoms with van der Waals surface area (Å²) in [7, 11) is 2.64. The van der Waals surface area contributed by atoms with Crippen LogP contribution in [0.15, 0.2) is 152 Å². The number of methoxy groups -OCH3 is 2. The summed E-state index contributed by atoms with van der Waals surface area (Å²) in [6.07, 6.45) is 4.73. The Balaban J connectivity index is -0.000000424. The quantitative estimate of drug-likeness (QED) is 0.0497. The number of H-pyrrole nitrogens is 1. The number of carbonyl (C=O) groups excluding carboxylic acids is 1. The predicted octanol–water partition coefficient (Wildman–Crippen LogP) is -1.82. The Kier molecular flexibility index (Phi) is 39.5. The zero-order valence-corrected chi connectivity index (χ0v) is 51.8. The maximum atomic E-state index is 12.0. The maximum absolute atomic E-state index is 12.0. The number of aromatic amines is 1. The molecule has 0 atom stereocenters. The van der Waals surface area contributed by atoms with Gasteiger partial charge in [-0.25, -0.2) is 48.1 Å². The number of aromatic nitrogens is 3. The van der Waals surface area contributed by atoms with E-state index in [1.165, 1.54) is 74.6 Å². The fourth-order valence-corrected chi connectivity index (χ4v) is 7.73. The van der Waals surface area contributed by atoms with Crippen molar-refractivity contribution < 1.29 is 169 Å². The number of nitrogens with zero attached hydrogens (tertiary/aromatic N) is 5. The van der Waals surface area contributed by atoms with Gasteiger partial charge in [0, 0.05) is 89.5 Å². The van der Waals surface area contributed by atoms with Crippen LogP contribution in [0.25, 0.3) is 22.3 Å². The second kappa shape index (κ2) is 38.7. The number of nitrogens with one attached hydrogen (secondary N) is 1. The third-order valence-electron chi connectivity index (χ3n) is 8.40. The summed E-state index contributed by atoms with van der Waals surface area (Å²) in [4.78, 5) is 33.6. The summed E-state index contributed by atoms with van der Waals surface area (Å²) in [5.74, 6) is 1.52. The van der Waals surface area contributed by atoms with Crippen LogP contribution in [0.4, 0.5) is 0 Å². The predicted molar refractivity (Wildman–Crippen MR) is 273 cm³/mol. The third-order valence-corrected chi connectivity index (χ3v) is 14.4. The standard InChI is InChI=1S/C14H16N2O3S.C13H14N2O3S.C8H10BrNO2S.C6H7BNO3.C2H6O.CH2O3.CH4.2K.H/c1-16(2)20(17,18)13-7-4-11(5-8-13)12-6-9-14(19-3)15-10-12;1-15(2)19(17,18)12-6-3-10(4-7-12)11-5-8-13(16)14-9-11;1-10(2)13(11,12)8-5-3-7(9)4-6-8;1-10-6-3-2-5(4-8-6)11-7-9;1-2-3;2-1-4-3;;;;/h4-10H,1-3H3;3-9H,1-2H3,(H,14,16);3-6H,1-2H3;2-4,9H,1H3;3H,2H2,1H3;1,3H;1H4;;;/q;;;;;;;2*+1;-1/p-1. The molecule has 389 valence electrons. The molecule has 0 saturated carbocycles. The first-order chi connectivity index (χ1) is 33.0. The van der Waals surface area contributed by atoms with Crippen molar-refractivity contribution >= 4 is 60.2 Å². The van der Waals surface area contributed by atoms with Gasteiger partial charge < -0.3 is 40.8 Å². The number of sulfonamides is 3. The zero-order chi connectivity index (χ0) is 53.1. The van der Waals surface area contributed by atoms with Crippen molar-refractivity contribution in [3.63, 3.8) is 0 Å². The number of pyridine rings is 3. The second-order valence-corrected chi connectivity index (χ2v) is 21.0. The van der Waals surface area contributed by atoms with E-state index >= 15 is 0 Å². The van der Waals surface area contributed by atoms with Gasteiger partial charge in [0.05, 0.1) is 35.1 Å². The first-order valence-corrected chi connectivity index (χ1v) is 25.0. The Morgan fingerprint density at radius 1 is 0.644 bits per heavy atom. The molecule has 0 spiro atoms. The van der Waals surface area contributed by atoms with Gasteiger partial charge >= 0.3 is 110 Å². The van der Waals surface area contributed by atoms with E-state index in [1.807, 2.05) is 6.07 Å². The second-order valence-electron chi connectivity index (χ2n) is 13.7. The van der Waals surface area contributed by atoms with Gasteiger partial charge in [0.2, 0.25) is 47.4 Å². The Morgan fingerprint density at radius 3 is 1.27 bits per heavy atom. The molecule has 28 heteroatoms. The number of rotatable bonds is 13.